The average Bonchev–Trinajstić information content (AvgIpc) is 2.73. The van der Waals surface area contributed by atoms with Crippen LogP contribution in [0.25, 0.3) is 0 Å². The fraction of sp³-hybridized carbons (Fsp3) is 0.400. The maximum absolute atomic E-state index is 10.3. The van der Waals surface area contributed by atoms with Crippen LogP contribution in [-0.2, 0) is 18.9 Å². The third-order valence-electron chi connectivity index (χ3n) is 4.67. The Morgan fingerprint density at radius 1 is 0.846 bits per heavy atom. The first-order valence-corrected chi connectivity index (χ1v) is 8.73. The van der Waals surface area contributed by atoms with E-state index in [9.17, 15) is 10.2 Å². The summed E-state index contributed by atoms with van der Waals surface area (Å²) < 4.78 is 23.9. The van der Waals surface area contributed by atoms with Crippen LogP contribution in [0.2, 0.25) is 0 Å². The number of hydrogen-bond acceptors (Lipinski definition) is 6. The van der Waals surface area contributed by atoms with Gasteiger partial charge < -0.3 is 29.2 Å². The summed E-state index contributed by atoms with van der Waals surface area (Å²) in [7, 11) is 0. The number of aliphatic hydroxyl groups is 2. The lowest BCUT2D eigenvalue weighted by atomic mass is 9.99. The van der Waals surface area contributed by atoms with Gasteiger partial charge in [0.1, 0.15) is 24.4 Å². The molecule has 6 heteroatoms. The molecular weight excluding hydrogens is 336 g/mol. The molecule has 6 nitrogen and oxygen atoms in total. The van der Waals surface area contributed by atoms with E-state index in [1.807, 2.05) is 60.7 Å². The highest BCUT2D eigenvalue weighted by atomic mass is 16.8. The van der Waals surface area contributed by atoms with Gasteiger partial charge >= 0.3 is 0 Å². The monoisotopic (exact) mass is 358 g/mol. The Morgan fingerprint density at radius 3 is 2.08 bits per heavy atom. The van der Waals surface area contributed by atoms with Crippen molar-refractivity contribution < 1.29 is 29.2 Å². The molecule has 0 aromatic heterocycles. The molecule has 2 heterocycles. The number of benzene rings is 2. The lowest BCUT2D eigenvalue weighted by molar-refractivity contribution is -0.373. The molecule has 2 N–H and O–H groups in total. The van der Waals surface area contributed by atoms with Gasteiger partial charge in [0.05, 0.1) is 13.2 Å². The minimum absolute atomic E-state index is 0.311. The maximum atomic E-state index is 10.3. The van der Waals surface area contributed by atoms with Crippen molar-refractivity contribution in [2.24, 2.45) is 0 Å². The molecule has 2 aliphatic rings. The lowest BCUT2D eigenvalue weighted by Gasteiger charge is -2.47. The van der Waals surface area contributed by atoms with Crippen molar-refractivity contribution in [3.8, 4) is 0 Å². The Bertz CT molecular complexity index is 692. The van der Waals surface area contributed by atoms with Gasteiger partial charge in [0.15, 0.2) is 12.6 Å². The molecule has 2 aromatic carbocycles. The molecule has 138 valence electrons. The molecule has 2 aromatic rings. The van der Waals surface area contributed by atoms with E-state index in [1.54, 1.807) is 0 Å². The van der Waals surface area contributed by atoms with E-state index in [4.69, 9.17) is 18.9 Å². The van der Waals surface area contributed by atoms with E-state index in [0.717, 1.165) is 11.1 Å². The van der Waals surface area contributed by atoms with Crippen molar-refractivity contribution >= 4 is 0 Å². The maximum Gasteiger partial charge on any atom is 0.184 e. The van der Waals surface area contributed by atoms with Gasteiger partial charge in [-0.15, -0.1) is 0 Å². The standard InChI is InChI=1S/C20H22O6/c21-11-15(22)17-18-16(24-20(25-17)14-9-5-2-6-10-14)12-23-19(26-18)13-7-3-1-4-8-13/h1-10,15-22H,11-12H2/t15-,16?,17-,18?,19?,20?/m1/s1. The highest BCUT2D eigenvalue weighted by Crippen LogP contribution is 2.38. The predicted octanol–water partition coefficient (Wildman–Crippen LogP) is 1.94. The first-order valence-electron chi connectivity index (χ1n) is 8.73. The Hall–Kier alpha value is -1.80. The summed E-state index contributed by atoms with van der Waals surface area (Å²) in [5, 5.41) is 19.8. The molecule has 2 fully saturated rings. The zero-order chi connectivity index (χ0) is 17.9. The zero-order valence-electron chi connectivity index (χ0n) is 14.2. The first-order chi connectivity index (χ1) is 12.8. The van der Waals surface area contributed by atoms with Crippen LogP contribution in [0.3, 0.4) is 0 Å². The number of fused-ring (bicyclic) bond motifs is 1. The van der Waals surface area contributed by atoms with Crippen LogP contribution in [0.5, 0.6) is 0 Å². The number of aliphatic hydroxyl groups excluding tert-OH is 2. The van der Waals surface area contributed by atoms with Gasteiger partial charge in [0.2, 0.25) is 0 Å². The summed E-state index contributed by atoms with van der Waals surface area (Å²) in [4.78, 5) is 0. The second-order valence-electron chi connectivity index (χ2n) is 6.44. The fourth-order valence-corrected chi connectivity index (χ4v) is 3.33. The van der Waals surface area contributed by atoms with E-state index in [2.05, 4.69) is 0 Å². The van der Waals surface area contributed by atoms with Gasteiger partial charge in [0.25, 0.3) is 0 Å². The van der Waals surface area contributed by atoms with Gasteiger partial charge in [-0.3, -0.25) is 0 Å². The van der Waals surface area contributed by atoms with Crippen molar-refractivity contribution in [2.75, 3.05) is 13.2 Å². The van der Waals surface area contributed by atoms with E-state index in [0.29, 0.717) is 6.61 Å². The summed E-state index contributed by atoms with van der Waals surface area (Å²) in [6, 6.07) is 19.1. The van der Waals surface area contributed by atoms with Crippen LogP contribution in [0.1, 0.15) is 23.7 Å². The van der Waals surface area contributed by atoms with Crippen molar-refractivity contribution in [3.05, 3.63) is 71.8 Å². The Morgan fingerprint density at radius 2 is 1.46 bits per heavy atom. The van der Waals surface area contributed by atoms with Crippen LogP contribution in [0.15, 0.2) is 60.7 Å². The molecule has 0 amide bonds. The molecule has 2 saturated heterocycles. The SMILES string of the molecule is OC[C@@H](O)[C@H]1OC(c2ccccc2)OC2COC(c3ccccc3)OC21. The topological polar surface area (TPSA) is 77.4 Å². The Labute approximate surface area is 151 Å². The molecule has 0 spiro atoms. The normalized spacial score (nSPS) is 32.6. The molecule has 2 aliphatic heterocycles. The molecular formula is C20H22O6. The highest BCUT2D eigenvalue weighted by molar-refractivity contribution is 5.18. The third kappa shape index (κ3) is 3.53. The first kappa shape index (κ1) is 17.6. The second kappa shape index (κ2) is 7.84. The van der Waals surface area contributed by atoms with E-state index in [1.165, 1.54) is 0 Å². The number of ether oxygens (including phenoxy) is 4. The van der Waals surface area contributed by atoms with Crippen molar-refractivity contribution in [2.45, 2.75) is 37.0 Å². The highest BCUT2D eigenvalue weighted by Gasteiger charge is 2.48. The smallest absolute Gasteiger partial charge is 0.184 e. The van der Waals surface area contributed by atoms with Gasteiger partial charge in [0, 0.05) is 11.1 Å². The Kier molecular flexibility index (Phi) is 5.31. The fourth-order valence-electron chi connectivity index (χ4n) is 3.33. The van der Waals surface area contributed by atoms with Crippen LogP contribution in [-0.4, -0.2) is 47.8 Å². The molecule has 0 saturated carbocycles. The molecule has 6 atom stereocenters. The molecule has 4 rings (SSSR count). The van der Waals surface area contributed by atoms with Gasteiger partial charge in [-0.2, -0.15) is 0 Å². The molecule has 26 heavy (non-hydrogen) atoms. The average molecular weight is 358 g/mol. The van der Waals surface area contributed by atoms with Crippen molar-refractivity contribution in [1.29, 1.82) is 0 Å². The van der Waals surface area contributed by atoms with Gasteiger partial charge in [-0.25, -0.2) is 0 Å². The summed E-state index contributed by atoms with van der Waals surface area (Å²) >= 11 is 0. The van der Waals surface area contributed by atoms with Crippen LogP contribution < -0.4 is 0 Å². The second-order valence-corrected chi connectivity index (χ2v) is 6.44. The summed E-state index contributed by atoms with van der Waals surface area (Å²) in [6.07, 6.45) is -3.96. The zero-order valence-corrected chi connectivity index (χ0v) is 14.2. The largest absolute Gasteiger partial charge is 0.394 e. The van der Waals surface area contributed by atoms with Crippen molar-refractivity contribution in [1.82, 2.24) is 0 Å². The van der Waals surface area contributed by atoms with E-state index < -0.39 is 43.6 Å². The number of rotatable bonds is 4. The van der Waals surface area contributed by atoms with Crippen LogP contribution in [0, 0.1) is 0 Å². The predicted molar refractivity (Wildman–Crippen MR) is 92.0 cm³/mol. The van der Waals surface area contributed by atoms with Gasteiger partial charge in [-0.05, 0) is 0 Å². The Balaban J connectivity index is 1.56. The molecule has 4 unspecified atom stereocenters. The summed E-state index contributed by atoms with van der Waals surface area (Å²) in [6.45, 7) is -0.110. The minimum atomic E-state index is -1.08. The van der Waals surface area contributed by atoms with E-state index in [-0.39, 0.29) is 0 Å². The molecule has 0 aliphatic carbocycles. The van der Waals surface area contributed by atoms with Crippen LogP contribution in [0.4, 0.5) is 0 Å². The van der Waals surface area contributed by atoms with Gasteiger partial charge in [-0.1, -0.05) is 60.7 Å². The van der Waals surface area contributed by atoms with E-state index >= 15 is 0 Å². The molecule has 0 radical (unpaired) electrons. The van der Waals surface area contributed by atoms with Crippen molar-refractivity contribution in [3.63, 3.8) is 0 Å². The third-order valence-corrected chi connectivity index (χ3v) is 4.67. The number of hydrogen-bond donors (Lipinski definition) is 2. The summed E-state index contributed by atoms with van der Waals surface area (Å²) in [5.41, 5.74) is 1.72. The lowest BCUT2D eigenvalue weighted by Crippen LogP contribution is -2.58. The molecule has 0 bridgehead atoms. The summed E-state index contributed by atoms with van der Waals surface area (Å²) in [5.74, 6) is 0. The minimum Gasteiger partial charge on any atom is -0.394 e. The quantitative estimate of drug-likeness (QED) is 0.870. The van der Waals surface area contributed by atoms with Crippen LogP contribution >= 0.6 is 0 Å².